The van der Waals surface area contributed by atoms with E-state index in [1.165, 1.54) is 0 Å². The van der Waals surface area contributed by atoms with Crippen molar-refractivity contribution in [3.63, 3.8) is 0 Å². The highest BCUT2D eigenvalue weighted by Crippen LogP contribution is 2.09. The van der Waals surface area contributed by atoms with E-state index >= 15 is 0 Å². The summed E-state index contributed by atoms with van der Waals surface area (Å²) < 4.78 is 0. The van der Waals surface area contributed by atoms with Crippen LogP contribution in [0.1, 0.15) is 18.7 Å². The average molecular weight is 225 g/mol. The van der Waals surface area contributed by atoms with Gasteiger partial charge in [-0.1, -0.05) is 0 Å². The minimum absolute atomic E-state index is 0.198. The fourth-order valence-electron chi connectivity index (χ4n) is 1.83. The number of aliphatic hydroxyl groups excluding tert-OH is 1. The number of hydrogen-bond donors (Lipinski definition) is 3. The average Bonchev–Trinajstić information content (AvgIpc) is 2.60. The summed E-state index contributed by atoms with van der Waals surface area (Å²) in [6.45, 7) is 4.21. The number of aromatic nitrogens is 3. The summed E-state index contributed by atoms with van der Waals surface area (Å²) in [6.07, 6.45) is 2.62. The summed E-state index contributed by atoms with van der Waals surface area (Å²) in [5.74, 6) is 1.65. The number of nitrogens with one attached hydrogen (secondary N) is 2. The monoisotopic (exact) mass is 225 g/mol. The molecule has 1 aliphatic rings. The van der Waals surface area contributed by atoms with Gasteiger partial charge in [-0.15, -0.1) is 5.10 Å². The third-order valence-corrected chi connectivity index (χ3v) is 2.71. The molecule has 0 radical (unpaired) electrons. The van der Waals surface area contributed by atoms with E-state index in [1.807, 2.05) is 0 Å². The van der Waals surface area contributed by atoms with E-state index in [9.17, 15) is 0 Å². The van der Waals surface area contributed by atoms with Crippen molar-refractivity contribution < 1.29 is 5.11 Å². The highest BCUT2D eigenvalue weighted by molar-refractivity contribution is 5.28. The van der Waals surface area contributed by atoms with Crippen LogP contribution >= 0.6 is 0 Å². The molecular formula is C10H19N5O. The van der Waals surface area contributed by atoms with E-state index in [4.69, 9.17) is 5.11 Å². The summed E-state index contributed by atoms with van der Waals surface area (Å²) in [5.41, 5.74) is 0. The van der Waals surface area contributed by atoms with Gasteiger partial charge in [0.05, 0.1) is 0 Å². The summed E-state index contributed by atoms with van der Waals surface area (Å²) in [4.78, 5) is 6.63. The van der Waals surface area contributed by atoms with Gasteiger partial charge < -0.3 is 15.3 Å². The second-order valence-corrected chi connectivity index (χ2v) is 4.00. The smallest absolute Gasteiger partial charge is 0.244 e. The molecule has 6 heteroatoms. The molecule has 1 fully saturated rings. The highest BCUT2D eigenvalue weighted by atomic mass is 16.2. The van der Waals surface area contributed by atoms with Crippen LogP contribution in [0.25, 0.3) is 0 Å². The van der Waals surface area contributed by atoms with Gasteiger partial charge in [-0.05, 0) is 19.4 Å². The van der Waals surface area contributed by atoms with Crippen molar-refractivity contribution in [2.75, 3.05) is 37.7 Å². The first-order valence-electron chi connectivity index (χ1n) is 5.88. The Bertz CT molecular complexity index is 306. The van der Waals surface area contributed by atoms with Crippen LogP contribution in [0.2, 0.25) is 0 Å². The van der Waals surface area contributed by atoms with E-state index < -0.39 is 0 Å². The molecule has 1 saturated heterocycles. The van der Waals surface area contributed by atoms with Crippen LogP contribution in [0.15, 0.2) is 0 Å². The summed E-state index contributed by atoms with van der Waals surface area (Å²) in [6, 6.07) is 0. The molecule has 0 saturated carbocycles. The number of H-pyrrole nitrogens is 1. The second-order valence-electron chi connectivity index (χ2n) is 4.00. The van der Waals surface area contributed by atoms with Crippen molar-refractivity contribution in [2.24, 2.45) is 0 Å². The lowest BCUT2D eigenvalue weighted by atomic mass is 10.3. The molecule has 0 unspecified atom stereocenters. The van der Waals surface area contributed by atoms with Gasteiger partial charge in [-0.2, -0.15) is 4.98 Å². The van der Waals surface area contributed by atoms with Gasteiger partial charge in [-0.25, -0.2) is 0 Å². The maximum atomic E-state index is 8.74. The first kappa shape index (κ1) is 11.3. The van der Waals surface area contributed by atoms with E-state index in [-0.39, 0.29) is 6.61 Å². The molecule has 1 aromatic heterocycles. The van der Waals surface area contributed by atoms with Crippen molar-refractivity contribution in [1.82, 2.24) is 20.5 Å². The molecule has 0 atom stereocenters. The Hall–Kier alpha value is -1.14. The Morgan fingerprint density at radius 1 is 1.31 bits per heavy atom. The molecule has 2 heterocycles. The lowest BCUT2D eigenvalue weighted by Gasteiger charge is -2.16. The molecule has 0 amide bonds. The number of anilines is 1. The molecule has 90 valence electrons. The summed E-state index contributed by atoms with van der Waals surface area (Å²) in [7, 11) is 0. The number of aliphatic hydroxyl groups is 1. The first-order valence-corrected chi connectivity index (χ1v) is 5.88. The Balaban J connectivity index is 1.94. The van der Waals surface area contributed by atoms with Crippen molar-refractivity contribution in [1.29, 1.82) is 0 Å². The van der Waals surface area contributed by atoms with Crippen LogP contribution in [0.5, 0.6) is 0 Å². The lowest BCUT2D eigenvalue weighted by Crippen LogP contribution is -2.28. The third kappa shape index (κ3) is 2.93. The maximum absolute atomic E-state index is 8.74. The predicted octanol–water partition coefficient (Wildman–Crippen LogP) is -0.471. The Morgan fingerprint density at radius 2 is 2.25 bits per heavy atom. The van der Waals surface area contributed by atoms with Gasteiger partial charge in [0.1, 0.15) is 5.82 Å². The Labute approximate surface area is 95.1 Å². The molecule has 0 aliphatic carbocycles. The fraction of sp³-hybridized carbons (Fsp3) is 0.800. The molecule has 1 aromatic rings. The Kier molecular flexibility index (Phi) is 4.12. The van der Waals surface area contributed by atoms with E-state index in [0.717, 1.165) is 57.2 Å². The van der Waals surface area contributed by atoms with Crippen molar-refractivity contribution >= 4 is 5.95 Å². The van der Waals surface area contributed by atoms with Crippen molar-refractivity contribution in [3.8, 4) is 0 Å². The first-order chi connectivity index (χ1) is 7.90. The number of hydrogen-bond acceptors (Lipinski definition) is 5. The molecule has 0 spiro atoms. The molecule has 6 nitrogen and oxygen atoms in total. The molecule has 1 aliphatic heterocycles. The number of rotatable bonds is 4. The van der Waals surface area contributed by atoms with E-state index in [1.54, 1.807) is 0 Å². The normalized spacial score (nSPS) is 17.4. The fourth-order valence-corrected chi connectivity index (χ4v) is 1.83. The number of nitrogens with zero attached hydrogens (tertiary/aromatic N) is 3. The van der Waals surface area contributed by atoms with Crippen molar-refractivity contribution in [2.45, 2.75) is 19.3 Å². The van der Waals surface area contributed by atoms with Crippen LogP contribution in [-0.4, -0.2) is 53.1 Å². The van der Waals surface area contributed by atoms with Gasteiger partial charge in [-0.3, -0.25) is 5.10 Å². The maximum Gasteiger partial charge on any atom is 0.244 e. The zero-order chi connectivity index (χ0) is 11.2. The van der Waals surface area contributed by atoms with Crippen molar-refractivity contribution in [3.05, 3.63) is 5.82 Å². The zero-order valence-corrected chi connectivity index (χ0v) is 9.45. The minimum atomic E-state index is 0.198. The minimum Gasteiger partial charge on any atom is -0.396 e. The van der Waals surface area contributed by atoms with Crippen LogP contribution in [0.3, 0.4) is 0 Å². The summed E-state index contributed by atoms with van der Waals surface area (Å²) >= 11 is 0. The number of aryl methyl sites for hydroxylation is 1. The second kappa shape index (κ2) is 5.81. The van der Waals surface area contributed by atoms with Crippen LogP contribution in [0, 0.1) is 0 Å². The molecule has 16 heavy (non-hydrogen) atoms. The molecule has 3 N–H and O–H groups in total. The standard InChI is InChI=1S/C10H19N5O/c16-8-1-3-9-12-10(14-13-9)15-6-2-4-11-5-7-15/h11,16H,1-8H2,(H,12,13,14). The van der Waals surface area contributed by atoms with Crippen LogP contribution < -0.4 is 10.2 Å². The van der Waals surface area contributed by atoms with Gasteiger partial charge in [0.25, 0.3) is 0 Å². The molecule has 0 bridgehead atoms. The van der Waals surface area contributed by atoms with Gasteiger partial charge in [0.2, 0.25) is 5.95 Å². The van der Waals surface area contributed by atoms with Crippen LogP contribution in [-0.2, 0) is 6.42 Å². The molecular weight excluding hydrogens is 206 g/mol. The van der Waals surface area contributed by atoms with Gasteiger partial charge in [0.15, 0.2) is 0 Å². The number of aromatic amines is 1. The molecule has 0 aromatic carbocycles. The third-order valence-electron chi connectivity index (χ3n) is 2.71. The quantitative estimate of drug-likeness (QED) is 0.646. The van der Waals surface area contributed by atoms with Gasteiger partial charge in [0, 0.05) is 32.7 Å². The lowest BCUT2D eigenvalue weighted by molar-refractivity contribution is 0.287. The Morgan fingerprint density at radius 3 is 3.12 bits per heavy atom. The largest absolute Gasteiger partial charge is 0.396 e. The predicted molar refractivity (Wildman–Crippen MR) is 61.5 cm³/mol. The SMILES string of the molecule is OCCCc1nc(N2CCCNCC2)n[nH]1. The summed E-state index contributed by atoms with van der Waals surface area (Å²) in [5, 5.41) is 19.2. The van der Waals surface area contributed by atoms with E-state index in [2.05, 4.69) is 25.4 Å². The van der Waals surface area contributed by atoms with Crippen LogP contribution in [0.4, 0.5) is 5.95 Å². The highest BCUT2D eigenvalue weighted by Gasteiger charge is 2.13. The topological polar surface area (TPSA) is 77.1 Å². The van der Waals surface area contributed by atoms with Gasteiger partial charge >= 0.3 is 0 Å². The van der Waals surface area contributed by atoms with E-state index in [0.29, 0.717) is 0 Å². The zero-order valence-electron chi connectivity index (χ0n) is 9.45. The molecule has 2 rings (SSSR count).